The smallest absolute Gasteiger partial charge is 0.180 e. The van der Waals surface area contributed by atoms with Gasteiger partial charge in [-0.3, -0.25) is 4.79 Å². The van der Waals surface area contributed by atoms with E-state index in [1.54, 1.807) is 14.0 Å². The van der Waals surface area contributed by atoms with Gasteiger partial charge in [-0.1, -0.05) is 18.2 Å². The van der Waals surface area contributed by atoms with Crippen LogP contribution in [-0.2, 0) is 20.2 Å². The highest BCUT2D eigenvalue weighted by Gasteiger charge is 2.31. The van der Waals surface area contributed by atoms with Crippen LogP contribution in [0, 0.1) is 0 Å². The lowest BCUT2D eigenvalue weighted by Gasteiger charge is -2.27. The molecule has 4 nitrogen and oxygen atoms in total. The van der Waals surface area contributed by atoms with Crippen molar-refractivity contribution in [3.05, 3.63) is 42.0 Å². The van der Waals surface area contributed by atoms with Gasteiger partial charge in [0, 0.05) is 0 Å². The topological polar surface area (TPSA) is 44.8 Å². The highest BCUT2D eigenvalue weighted by molar-refractivity contribution is 5.85. The van der Waals surface area contributed by atoms with Crippen molar-refractivity contribution in [2.75, 3.05) is 7.11 Å². The number of carbonyl (C=O) groups excluding carboxylic acids is 1. The minimum absolute atomic E-state index is 0.492. The van der Waals surface area contributed by atoms with Crippen molar-refractivity contribution in [1.82, 2.24) is 0 Å². The summed E-state index contributed by atoms with van der Waals surface area (Å²) in [5, 5.41) is 2.04. The predicted octanol–water partition coefficient (Wildman–Crippen LogP) is 4.01. The van der Waals surface area contributed by atoms with Gasteiger partial charge in [0.25, 0.3) is 0 Å². The van der Waals surface area contributed by atoms with E-state index in [-0.39, 0.29) is 0 Å². The maximum absolute atomic E-state index is 11.6. The second kappa shape index (κ2) is 6.07. The molecule has 2 rings (SSSR count). The first-order valence-corrected chi connectivity index (χ1v) is 7.19. The van der Waals surface area contributed by atoms with E-state index in [0.717, 1.165) is 28.4 Å². The van der Waals surface area contributed by atoms with Gasteiger partial charge in [-0.2, -0.15) is 0 Å². The largest absolute Gasteiger partial charge is 0.497 e. The Morgan fingerprint density at radius 2 is 1.55 bits per heavy atom. The zero-order chi connectivity index (χ0) is 16.4. The number of benzene rings is 2. The number of fused-ring (bicyclic) bond motifs is 1. The van der Waals surface area contributed by atoms with Crippen molar-refractivity contribution in [2.24, 2.45) is 0 Å². The van der Waals surface area contributed by atoms with Gasteiger partial charge >= 0.3 is 0 Å². The molecule has 0 fully saturated rings. The standard InChI is InChI=1S/C18H22O4/c1-17(2,3)21-22-18(4,12-19)15-8-6-14-11-16(20-5)9-7-13(14)10-15/h6-12H,1-5H3/t18-/m0/s1. The summed E-state index contributed by atoms with van der Waals surface area (Å²) in [6.07, 6.45) is 0.753. The maximum Gasteiger partial charge on any atom is 0.180 e. The van der Waals surface area contributed by atoms with Gasteiger partial charge in [0.05, 0.1) is 12.7 Å². The van der Waals surface area contributed by atoms with E-state index in [4.69, 9.17) is 14.5 Å². The molecule has 0 aliphatic carbocycles. The molecule has 2 aromatic rings. The fraction of sp³-hybridized carbons (Fsp3) is 0.389. The molecule has 0 saturated heterocycles. The van der Waals surface area contributed by atoms with Gasteiger partial charge in [-0.15, -0.1) is 0 Å². The first-order valence-electron chi connectivity index (χ1n) is 7.19. The lowest BCUT2D eigenvalue weighted by Crippen LogP contribution is -2.32. The van der Waals surface area contributed by atoms with E-state index in [1.165, 1.54) is 0 Å². The molecule has 0 N–H and O–H groups in total. The Balaban J connectivity index is 2.36. The fourth-order valence-electron chi connectivity index (χ4n) is 2.01. The summed E-state index contributed by atoms with van der Waals surface area (Å²) in [5.41, 5.74) is -0.903. The summed E-state index contributed by atoms with van der Waals surface area (Å²) in [6, 6.07) is 11.5. The quantitative estimate of drug-likeness (QED) is 0.475. The fourth-order valence-corrected chi connectivity index (χ4v) is 2.01. The van der Waals surface area contributed by atoms with Crippen LogP contribution in [0.15, 0.2) is 36.4 Å². The van der Waals surface area contributed by atoms with Crippen LogP contribution < -0.4 is 4.74 Å². The van der Waals surface area contributed by atoms with Crippen LogP contribution in [0.3, 0.4) is 0 Å². The number of ether oxygens (including phenoxy) is 1. The molecular formula is C18H22O4. The molecule has 118 valence electrons. The molecule has 0 aliphatic heterocycles. The Kier molecular flexibility index (Phi) is 4.54. The van der Waals surface area contributed by atoms with Crippen molar-refractivity contribution < 1.29 is 19.3 Å². The van der Waals surface area contributed by atoms with E-state index in [1.807, 2.05) is 57.2 Å². The van der Waals surface area contributed by atoms with E-state index in [0.29, 0.717) is 0 Å². The molecular weight excluding hydrogens is 280 g/mol. The monoisotopic (exact) mass is 302 g/mol. The Labute approximate surface area is 130 Å². The highest BCUT2D eigenvalue weighted by Crippen LogP contribution is 2.30. The van der Waals surface area contributed by atoms with Crippen LogP contribution in [0.4, 0.5) is 0 Å². The van der Waals surface area contributed by atoms with Gasteiger partial charge in [-0.05, 0) is 62.2 Å². The van der Waals surface area contributed by atoms with Crippen LogP contribution in [0.5, 0.6) is 5.75 Å². The third kappa shape index (κ3) is 3.64. The normalized spacial score (nSPS) is 14.6. The molecule has 0 amide bonds. The molecule has 0 bridgehead atoms. The SMILES string of the molecule is COc1ccc2cc([C@](C)(C=O)OOC(C)(C)C)ccc2c1. The molecule has 0 saturated carbocycles. The third-order valence-corrected chi connectivity index (χ3v) is 3.31. The lowest BCUT2D eigenvalue weighted by molar-refractivity contribution is -0.392. The Hall–Kier alpha value is -1.91. The van der Waals surface area contributed by atoms with Gasteiger partial charge in [0.15, 0.2) is 11.9 Å². The van der Waals surface area contributed by atoms with Crippen LogP contribution in [0.1, 0.15) is 33.3 Å². The second-order valence-electron chi connectivity index (χ2n) is 6.43. The number of hydrogen-bond donors (Lipinski definition) is 0. The van der Waals surface area contributed by atoms with Crippen LogP contribution >= 0.6 is 0 Å². The summed E-state index contributed by atoms with van der Waals surface area (Å²) in [4.78, 5) is 22.3. The molecule has 4 heteroatoms. The second-order valence-corrected chi connectivity index (χ2v) is 6.43. The molecule has 0 unspecified atom stereocenters. The zero-order valence-electron chi connectivity index (χ0n) is 13.7. The third-order valence-electron chi connectivity index (χ3n) is 3.31. The summed E-state index contributed by atoms with van der Waals surface area (Å²) >= 11 is 0. The van der Waals surface area contributed by atoms with Crippen LogP contribution in [-0.4, -0.2) is 19.0 Å². The minimum Gasteiger partial charge on any atom is -0.497 e. The van der Waals surface area contributed by atoms with Crippen molar-refractivity contribution in [2.45, 2.75) is 38.9 Å². The van der Waals surface area contributed by atoms with Crippen molar-refractivity contribution >= 4 is 17.1 Å². The summed E-state index contributed by atoms with van der Waals surface area (Å²) < 4.78 is 5.22. The molecule has 0 heterocycles. The van der Waals surface area contributed by atoms with Crippen LogP contribution in [0.2, 0.25) is 0 Å². The lowest BCUT2D eigenvalue weighted by atomic mass is 9.95. The number of aldehydes is 1. The van der Waals surface area contributed by atoms with Gasteiger partial charge in [0.1, 0.15) is 5.75 Å². The summed E-state index contributed by atoms with van der Waals surface area (Å²) in [5.74, 6) is 0.797. The molecule has 2 aromatic carbocycles. The average Bonchev–Trinajstić information content (AvgIpc) is 2.50. The van der Waals surface area contributed by atoms with Gasteiger partial charge in [-0.25, -0.2) is 9.78 Å². The maximum atomic E-state index is 11.6. The molecule has 22 heavy (non-hydrogen) atoms. The number of carbonyl (C=O) groups is 1. The first kappa shape index (κ1) is 16.5. The Bertz CT molecular complexity index is 672. The number of hydrogen-bond acceptors (Lipinski definition) is 4. The molecule has 0 spiro atoms. The average molecular weight is 302 g/mol. The summed E-state index contributed by atoms with van der Waals surface area (Å²) in [7, 11) is 1.64. The van der Waals surface area contributed by atoms with E-state index >= 15 is 0 Å². The number of rotatable bonds is 5. The Morgan fingerprint density at radius 1 is 0.909 bits per heavy atom. The number of methoxy groups -OCH3 is 1. The first-order chi connectivity index (χ1) is 10.3. The van der Waals surface area contributed by atoms with Crippen LogP contribution in [0.25, 0.3) is 10.8 Å². The van der Waals surface area contributed by atoms with Gasteiger partial charge in [0.2, 0.25) is 0 Å². The van der Waals surface area contributed by atoms with Gasteiger partial charge < -0.3 is 4.74 Å². The zero-order valence-corrected chi connectivity index (χ0v) is 13.7. The summed E-state index contributed by atoms with van der Waals surface area (Å²) in [6.45, 7) is 7.29. The molecule has 0 radical (unpaired) electrons. The van der Waals surface area contributed by atoms with E-state index in [2.05, 4.69) is 0 Å². The highest BCUT2D eigenvalue weighted by atomic mass is 17.2. The van der Waals surface area contributed by atoms with E-state index in [9.17, 15) is 4.79 Å². The van der Waals surface area contributed by atoms with Crippen molar-refractivity contribution in [3.63, 3.8) is 0 Å². The van der Waals surface area contributed by atoms with Crippen molar-refractivity contribution in [3.8, 4) is 5.75 Å². The molecule has 0 aromatic heterocycles. The molecule has 0 aliphatic rings. The predicted molar refractivity (Wildman–Crippen MR) is 85.8 cm³/mol. The molecule has 1 atom stereocenters. The van der Waals surface area contributed by atoms with E-state index < -0.39 is 11.2 Å². The minimum atomic E-state index is -1.15. The Morgan fingerprint density at radius 3 is 2.14 bits per heavy atom. The van der Waals surface area contributed by atoms with Crippen molar-refractivity contribution in [1.29, 1.82) is 0 Å².